The normalized spacial score (nSPS) is 11.4. The van der Waals surface area contributed by atoms with Crippen molar-refractivity contribution in [2.24, 2.45) is 0 Å². The van der Waals surface area contributed by atoms with E-state index in [-0.39, 0.29) is 16.9 Å². The van der Waals surface area contributed by atoms with Gasteiger partial charge in [-0.25, -0.2) is 9.78 Å². The number of furan rings is 1. The molecule has 0 spiro atoms. The predicted octanol–water partition coefficient (Wildman–Crippen LogP) is 2.70. The Morgan fingerprint density at radius 2 is 2.00 bits per heavy atom. The fourth-order valence-electron chi connectivity index (χ4n) is 1.72. The van der Waals surface area contributed by atoms with Gasteiger partial charge >= 0.3 is 5.97 Å². The highest BCUT2D eigenvalue weighted by Crippen LogP contribution is 2.23. The molecule has 1 amide bonds. The molecule has 0 atom stereocenters. The van der Waals surface area contributed by atoms with E-state index in [9.17, 15) is 9.59 Å². The van der Waals surface area contributed by atoms with E-state index in [1.807, 2.05) is 5.38 Å². The van der Waals surface area contributed by atoms with Crippen LogP contribution in [0.4, 0.5) is 0 Å². The molecule has 118 valence electrons. The number of carboxylic acid groups (broad SMARTS) is 1. The van der Waals surface area contributed by atoms with Crippen molar-refractivity contribution in [3.05, 3.63) is 39.7 Å². The Balaban J connectivity index is 1.86. The molecule has 0 radical (unpaired) electrons. The first-order valence-electron chi connectivity index (χ1n) is 6.83. The maximum Gasteiger partial charge on any atom is 0.371 e. The molecule has 6 nitrogen and oxygen atoms in total. The molecular formula is C15H18N2O4S. The molecular weight excluding hydrogens is 304 g/mol. The summed E-state index contributed by atoms with van der Waals surface area (Å²) in [5, 5.41) is 14.4. The van der Waals surface area contributed by atoms with Crippen LogP contribution >= 0.6 is 11.3 Å². The van der Waals surface area contributed by atoms with Gasteiger partial charge in [-0.3, -0.25) is 4.79 Å². The van der Waals surface area contributed by atoms with Gasteiger partial charge in [0, 0.05) is 23.8 Å². The smallest absolute Gasteiger partial charge is 0.371 e. The lowest BCUT2D eigenvalue weighted by Crippen LogP contribution is -2.25. The van der Waals surface area contributed by atoms with Gasteiger partial charge in [-0.05, 0) is 12.1 Å². The molecule has 0 unspecified atom stereocenters. The van der Waals surface area contributed by atoms with E-state index < -0.39 is 11.9 Å². The first-order valence-corrected chi connectivity index (χ1v) is 7.71. The van der Waals surface area contributed by atoms with Crippen molar-refractivity contribution in [1.29, 1.82) is 0 Å². The Morgan fingerprint density at radius 3 is 2.55 bits per heavy atom. The Kier molecular flexibility index (Phi) is 4.65. The van der Waals surface area contributed by atoms with Crippen LogP contribution in [0.2, 0.25) is 0 Å². The minimum Gasteiger partial charge on any atom is -0.475 e. The lowest BCUT2D eigenvalue weighted by Gasteiger charge is -2.14. The molecule has 7 heteroatoms. The van der Waals surface area contributed by atoms with Crippen molar-refractivity contribution < 1.29 is 19.1 Å². The minimum absolute atomic E-state index is 0.00748. The van der Waals surface area contributed by atoms with E-state index in [4.69, 9.17) is 9.52 Å². The number of nitrogens with one attached hydrogen (secondary N) is 1. The summed E-state index contributed by atoms with van der Waals surface area (Å²) in [6, 6.07) is 2.60. The number of carbonyl (C=O) groups excluding carboxylic acids is 1. The zero-order chi connectivity index (χ0) is 16.3. The van der Waals surface area contributed by atoms with E-state index in [0.717, 1.165) is 10.7 Å². The number of nitrogens with zero attached hydrogens (tertiary/aromatic N) is 1. The van der Waals surface area contributed by atoms with Gasteiger partial charge in [-0.1, -0.05) is 20.8 Å². The van der Waals surface area contributed by atoms with Gasteiger partial charge in [-0.2, -0.15) is 0 Å². The molecule has 0 saturated heterocycles. The number of amides is 1. The second-order valence-corrected chi connectivity index (χ2v) is 6.79. The van der Waals surface area contributed by atoms with E-state index in [2.05, 4.69) is 31.1 Å². The quantitative estimate of drug-likeness (QED) is 0.883. The number of aromatic nitrogens is 1. The summed E-state index contributed by atoms with van der Waals surface area (Å²) in [5.41, 5.74) is 1.05. The van der Waals surface area contributed by atoms with Gasteiger partial charge in [0.25, 0.3) is 5.91 Å². The monoisotopic (exact) mass is 322 g/mol. The highest BCUT2D eigenvalue weighted by Gasteiger charge is 2.18. The predicted molar refractivity (Wildman–Crippen MR) is 82.5 cm³/mol. The molecule has 2 heterocycles. The lowest BCUT2D eigenvalue weighted by molar-refractivity contribution is 0.0659. The van der Waals surface area contributed by atoms with Gasteiger partial charge < -0.3 is 14.8 Å². The first-order chi connectivity index (χ1) is 10.3. The molecule has 0 bridgehead atoms. The average molecular weight is 322 g/mol. The van der Waals surface area contributed by atoms with Crippen LogP contribution in [0, 0.1) is 0 Å². The standard InChI is InChI=1S/C15H18N2O4S/c1-15(2,3)11-8-22-12(17-11)6-7-16-13(18)9-4-5-10(21-9)14(19)20/h4-5,8H,6-7H2,1-3H3,(H,16,18)(H,19,20). The topological polar surface area (TPSA) is 92.4 Å². The summed E-state index contributed by atoms with van der Waals surface area (Å²) in [4.78, 5) is 27.1. The Morgan fingerprint density at radius 1 is 1.32 bits per heavy atom. The van der Waals surface area contributed by atoms with Gasteiger partial charge in [0.2, 0.25) is 5.76 Å². The number of hydrogen-bond acceptors (Lipinski definition) is 5. The fraction of sp³-hybridized carbons (Fsp3) is 0.400. The van der Waals surface area contributed by atoms with Crippen LogP contribution in [0.15, 0.2) is 21.9 Å². The molecule has 2 N–H and O–H groups in total. The summed E-state index contributed by atoms with van der Waals surface area (Å²) >= 11 is 1.57. The van der Waals surface area contributed by atoms with Gasteiger partial charge in [0.05, 0.1) is 10.7 Å². The van der Waals surface area contributed by atoms with Gasteiger partial charge in [0.1, 0.15) is 0 Å². The number of hydrogen-bond donors (Lipinski definition) is 2. The summed E-state index contributed by atoms with van der Waals surface area (Å²) in [6.07, 6.45) is 0.624. The SMILES string of the molecule is CC(C)(C)c1csc(CCNC(=O)c2ccc(C(=O)O)o2)n1. The highest BCUT2D eigenvalue weighted by molar-refractivity contribution is 7.09. The number of rotatable bonds is 5. The van der Waals surface area contributed by atoms with Crippen molar-refractivity contribution in [2.75, 3.05) is 6.54 Å². The maximum absolute atomic E-state index is 11.8. The minimum atomic E-state index is -1.20. The van der Waals surface area contributed by atoms with Crippen LogP contribution in [-0.4, -0.2) is 28.5 Å². The number of thiazole rings is 1. The first kappa shape index (κ1) is 16.2. The molecule has 0 aromatic carbocycles. The molecule has 2 rings (SSSR count). The molecule has 2 aromatic rings. The van der Waals surface area contributed by atoms with Gasteiger partial charge in [-0.15, -0.1) is 11.3 Å². The average Bonchev–Trinajstić information content (AvgIpc) is 3.07. The van der Waals surface area contributed by atoms with E-state index in [1.54, 1.807) is 11.3 Å². The third kappa shape index (κ3) is 3.94. The summed E-state index contributed by atoms with van der Waals surface area (Å²) < 4.78 is 4.93. The molecule has 0 aliphatic carbocycles. The summed E-state index contributed by atoms with van der Waals surface area (Å²) in [7, 11) is 0. The second kappa shape index (κ2) is 6.31. The molecule has 22 heavy (non-hydrogen) atoms. The van der Waals surface area contributed by atoms with Crippen molar-refractivity contribution >= 4 is 23.2 Å². The number of carboxylic acids is 1. The Labute approximate surface area is 132 Å². The van der Waals surface area contributed by atoms with Crippen molar-refractivity contribution in [3.63, 3.8) is 0 Å². The largest absolute Gasteiger partial charge is 0.475 e. The zero-order valence-corrected chi connectivity index (χ0v) is 13.5. The van der Waals surface area contributed by atoms with E-state index in [0.29, 0.717) is 13.0 Å². The van der Waals surface area contributed by atoms with Crippen molar-refractivity contribution in [3.8, 4) is 0 Å². The van der Waals surface area contributed by atoms with Crippen LogP contribution in [0.25, 0.3) is 0 Å². The van der Waals surface area contributed by atoms with Crippen molar-refractivity contribution in [1.82, 2.24) is 10.3 Å². The lowest BCUT2D eigenvalue weighted by atomic mass is 9.93. The Hall–Kier alpha value is -2.15. The van der Waals surface area contributed by atoms with Crippen molar-refractivity contribution in [2.45, 2.75) is 32.6 Å². The maximum atomic E-state index is 11.8. The fourth-order valence-corrected chi connectivity index (χ4v) is 2.74. The van der Waals surface area contributed by atoms with Crippen LogP contribution in [0.3, 0.4) is 0 Å². The van der Waals surface area contributed by atoms with E-state index >= 15 is 0 Å². The van der Waals surface area contributed by atoms with E-state index in [1.165, 1.54) is 12.1 Å². The summed E-state index contributed by atoms with van der Waals surface area (Å²) in [6.45, 7) is 6.72. The zero-order valence-electron chi connectivity index (χ0n) is 12.7. The van der Waals surface area contributed by atoms with Crippen LogP contribution in [0.1, 0.15) is 52.6 Å². The van der Waals surface area contributed by atoms with Crippen LogP contribution in [-0.2, 0) is 11.8 Å². The number of carbonyl (C=O) groups is 2. The molecule has 0 aliphatic heterocycles. The second-order valence-electron chi connectivity index (χ2n) is 5.85. The van der Waals surface area contributed by atoms with Gasteiger partial charge in [0.15, 0.2) is 5.76 Å². The van der Waals surface area contributed by atoms with Crippen LogP contribution < -0.4 is 5.32 Å². The highest BCUT2D eigenvalue weighted by atomic mass is 32.1. The van der Waals surface area contributed by atoms with Crippen LogP contribution in [0.5, 0.6) is 0 Å². The summed E-state index contributed by atoms with van der Waals surface area (Å²) in [5.74, 6) is -1.89. The number of aromatic carboxylic acids is 1. The molecule has 0 aliphatic rings. The third-order valence-corrected chi connectivity index (χ3v) is 3.89. The molecule has 0 saturated carbocycles. The third-order valence-electron chi connectivity index (χ3n) is 2.99. The molecule has 0 fully saturated rings. The Bertz CT molecular complexity index is 682. The molecule has 2 aromatic heterocycles.